The molecule has 1 aromatic heterocycles. The molecule has 0 aromatic carbocycles. The third-order valence-corrected chi connectivity index (χ3v) is 2.50. The second-order valence-electron chi connectivity index (χ2n) is 3.72. The zero-order valence-corrected chi connectivity index (χ0v) is 7.58. The highest BCUT2D eigenvalue weighted by atomic mass is 16.3. The normalized spacial score (nSPS) is 29.0. The summed E-state index contributed by atoms with van der Waals surface area (Å²) in [6.07, 6.45) is 6.02. The number of imidazole rings is 1. The van der Waals surface area contributed by atoms with Crippen molar-refractivity contribution in [2.45, 2.75) is 24.9 Å². The molecule has 1 unspecified atom stereocenters. The third kappa shape index (κ3) is 2.08. The van der Waals surface area contributed by atoms with E-state index in [1.807, 2.05) is 0 Å². The van der Waals surface area contributed by atoms with E-state index in [2.05, 4.69) is 15.3 Å². The Hall–Kier alpha value is -0.870. The van der Waals surface area contributed by atoms with E-state index in [4.69, 9.17) is 0 Å². The lowest BCUT2D eigenvalue weighted by Crippen LogP contribution is -2.47. The zero-order chi connectivity index (χ0) is 9.15. The van der Waals surface area contributed by atoms with Crippen molar-refractivity contribution in [3.63, 3.8) is 0 Å². The largest absolute Gasteiger partial charge is 0.388 e. The van der Waals surface area contributed by atoms with Crippen molar-refractivity contribution < 1.29 is 5.11 Å². The highest BCUT2D eigenvalue weighted by molar-refractivity contribution is 4.97. The molecule has 4 nitrogen and oxygen atoms in total. The summed E-state index contributed by atoms with van der Waals surface area (Å²) in [5.41, 5.74) is -0.601. The molecule has 2 heterocycles. The van der Waals surface area contributed by atoms with E-state index in [-0.39, 0.29) is 0 Å². The van der Waals surface area contributed by atoms with Gasteiger partial charge in [0.1, 0.15) is 5.82 Å². The minimum atomic E-state index is -0.601. The first-order valence-corrected chi connectivity index (χ1v) is 4.70. The molecule has 0 spiro atoms. The van der Waals surface area contributed by atoms with Crippen LogP contribution in [0.1, 0.15) is 18.7 Å². The minimum Gasteiger partial charge on any atom is -0.388 e. The molecule has 1 aromatic rings. The summed E-state index contributed by atoms with van der Waals surface area (Å²) in [4.78, 5) is 7.12. The predicted octanol–water partition coefficient (Wildman–Crippen LogP) is 0.0667. The van der Waals surface area contributed by atoms with Crippen LogP contribution >= 0.6 is 0 Å². The summed E-state index contributed by atoms with van der Waals surface area (Å²) in [5.74, 6) is 0.867. The molecular formula is C9H15N3O. The first-order chi connectivity index (χ1) is 6.29. The monoisotopic (exact) mass is 181 g/mol. The molecule has 2 rings (SSSR count). The number of hydrogen-bond acceptors (Lipinski definition) is 3. The highest BCUT2D eigenvalue weighted by Gasteiger charge is 2.29. The van der Waals surface area contributed by atoms with Gasteiger partial charge in [-0.25, -0.2) is 4.98 Å². The van der Waals surface area contributed by atoms with Gasteiger partial charge < -0.3 is 15.4 Å². The van der Waals surface area contributed by atoms with Crippen LogP contribution in [-0.4, -0.2) is 33.8 Å². The maximum absolute atomic E-state index is 10.1. The molecule has 1 saturated heterocycles. The number of piperidine rings is 1. The van der Waals surface area contributed by atoms with Crippen LogP contribution in [-0.2, 0) is 6.42 Å². The standard InChI is InChI=1S/C9H15N3O/c13-9(2-1-3-10-7-9)6-8-11-4-5-12-8/h4-5,10,13H,1-3,6-7H2,(H,11,12). The summed E-state index contributed by atoms with van der Waals surface area (Å²) in [6, 6.07) is 0. The lowest BCUT2D eigenvalue weighted by Gasteiger charge is -2.31. The lowest BCUT2D eigenvalue weighted by molar-refractivity contribution is 0.0153. The van der Waals surface area contributed by atoms with Gasteiger partial charge in [0.15, 0.2) is 0 Å². The molecule has 0 amide bonds. The Morgan fingerprint density at radius 2 is 2.54 bits per heavy atom. The minimum absolute atomic E-state index is 0.601. The van der Waals surface area contributed by atoms with Crippen LogP contribution in [0.2, 0.25) is 0 Å². The molecule has 0 bridgehead atoms. The van der Waals surface area contributed by atoms with Crippen molar-refractivity contribution in [3.8, 4) is 0 Å². The summed E-state index contributed by atoms with van der Waals surface area (Å²) in [6.45, 7) is 1.69. The molecule has 0 radical (unpaired) electrons. The van der Waals surface area contributed by atoms with E-state index in [1.165, 1.54) is 0 Å². The SMILES string of the molecule is OC1(Cc2ncc[nH]2)CCCNC1. The Bertz CT molecular complexity index is 252. The molecule has 1 atom stereocenters. The van der Waals surface area contributed by atoms with E-state index in [1.54, 1.807) is 12.4 Å². The molecule has 13 heavy (non-hydrogen) atoms. The van der Waals surface area contributed by atoms with Crippen molar-refractivity contribution in [1.29, 1.82) is 0 Å². The van der Waals surface area contributed by atoms with Crippen LogP contribution < -0.4 is 5.32 Å². The summed E-state index contributed by atoms with van der Waals surface area (Å²) in [7, 11) is 0. The Kier molecular flexibility index (Phi) is 2.33. The average Bonchev–Trinajstić information content (AvgIpc) is 2.57. The topological polar surface area (TPSA) is 60.9 Å². The van der Waals surface area contributed by atoms with Crippen LogP contribution in [0.25, 0.3) is 0 Å². The van der Waals surface area contributed by atoms with Gasteiger partial charge in [0.05, 0.1) is 5.60 Å². The number of nitrogens with one attached hydrogen (secondary N) is 2. The molecule has 0 saturated carbocycles. The number of aliphatic hydroxyl groups is 1. The number of aromatic amines is 1. The number of H-pyrrole nitrogens is 1. The quantitative estimate of drug-likeness (QED) is 0.605. The van der Waals surface area contributed by atoms with Gasteiger partial charge in [-0.2, -0.15) is 0 Å². The van der Waals surface area contributed by atoms with E-state index in [9.17, 15) is 5.11 Å². The molecule has 3 N–H and O–H groups in total. The van der Waals surface area contributed by atoms with Gasteiger partial charge in [0, 0.05) is 25.4 Å². The van der Waals surface area contributed by atoms with Gasteiger partial charge in [-0.05, 0) is 19.4 Å². The molecular weight excluding hydrogens is 166 g/mol. The first kappa shape index (κ1) is 8.72. The lowest BCUT2D eigenvalue weighted by atomic mass is 9.90. The van der Waals surface area contributed by atoms with Gasteiger partial charge in [0.2, 0.25) is 0 Å². The van der Waals surface area contributed by atoms with E-state index >= 15 is 0 Å². The van der Waals surface area contributed by atoms with Crippen molar-refractivity contribution >= 4 is 0 Å². The smallest absolute Gasteiger partial charge is 0.108 e. The van der Waals surface area contributed by atoms with Crippen LogP contribution in [0.4, 0.5) is 0 Å². The molecule has 1 aliphatic rings. The second-order valence-corrected chi connectivity index (χ2v) is 3.72. The van der Waals surface area contributed by atoms with Crippen molar-refractivity contribution in [3.05, 3.63) is 18.2 Å². The van der Waals surface area contributed by atoms with Crippen LogP contribution in [0.15, 0.2) is 12.4 Å². The van der Waals surface area contributed by atoms with Crippen molar-refractivity contribution in [2.24, 2.45) is 0 Å². The second kappa shape index (κ2) is 3.47. The number of rotatable bonds is 2. The number of aromatic nitrogens is 2. The first-order valence-electron chi connectivity index (χ1n) is 4.70. The van der Waals surface area contributed by atoms with E-state index < -0.39 is 5.60 Å². The Balaban J connectivity index is 1.99. The summed E-state index contributed by atoms with van der Waals surface area (Å²) in [5, 5.41) is 13.3. The number of nitrogens with zero attached hydrogens (tertiary/aromatic N) is 1. The summed E-state index contributed by atoms with van der Waals surface area (Å²) >= 11 is 0. The molecule has 1 fully saturated rings. The Labute approximate surface area is 77.4 Å². The van der Waals surface area contributed by atoms with Gasteiger partial charge in [-0.15, -0.1) is 0 Å². The third-order valence-electron chi connectivity index (χ3n) is 2.50. The van der Waals surface area contributed by atoms with Gasteiger partial charge in [0.25, 0.3) is 0 Å². The van der Waals surface area contributed by atoms with Crippen LogP contribution in [0, 0.1) is 0 Å². The fraction of sp³-hybridized carbons (Fsp3) is 0.667. The predicted molar refractivity (Wildman–Crippen MR) is 49.3 cm³/mol. The van der Waals surface area contributed by atoms with Crippen molar-refractivity contribution in [1.82, 2.24) is 15.3 Å². The highest BCUT2D eigenvalue weighted by Crippen LogP contribution is 2.19. The maximum Gasteiger partial charge on any atom is 0.108 e. The Morgan fingerprint density at radius 3 is 3.15 bits per heavy atom. The molecule has 4 heteroatoms. The molecule has 72 valence electrons. The molecule has 1 aliphatic heterocycles. The van der Waals surface area contributed by atoms with Gasteiger partial charge >= 0.3 is 0 Å². The van der Waals surface area contributed by atoms with E-state index in [0.29, 0.717) is 13.0 Å². The van der Waals surface area contributed by atoms with Crippen LogP contribution in [0.5, 0.6) is 0 Å². The average molecular weight is 181 g/mol. The number of hydrogen-bond donors (Lipinski definition) is 3. The fourth-order valence-electron chi connectivity index (χ4n) is 1.81. The van der Waals surface area contributed by atoms with Gasteiger partial charge in [-0.3, -0.25) is 0 Å². The Morgan fingerprint density at radius 1 is 1.62 bits per heavy atom. The van der Waals surface area contributed by atoms with Crippen molar-refractivity contribution in [2.75, 3.05) is 13.1 Å². The van der Waals surface area contributed by atoms with E-state index in [0.717, 1.165) is 25.2 Å². The summed E-state index contributed by atoms with van der Waals surface area (Å²) < 4.78 is 0. The fourth-order valence-corrected chi connectivity index (χ4v) is 1.81. The van der Waals surface area contributed by atoms with Crippen LogP contribution in [0.3, 0.4) is 0 Å². The maximum atomic E-state index is 10.1. The molecule has 0 aliphatic carbocycles. The van der Waals surface area contributed by atoms with Gasteiger partial charge in [-0.1, -0.05) is 0 Å². The zero-order valence-electron chi connectivity index (χ0n) is 7.58. The number of β-amino-alcohol motifs (C(OH)–C–C–N with tert-alkyl or cyclic N) is 1.